The van der Waals surface area contributed by atoms with Crippen LogP contribution >= 0.6 is 0 Å². The summed E-state index contributed by atoms with van der Waals surface area (Å²) in [6.07, 6.45) is 5.09. The van der Waals surface area contributed by atoms with Gasteiger partial charge in [-0.25, -0.2) is 0 Å². The Morgan fingerprint density at radius 2 is 2.11 bits per heavy atom. The second-order valence-corrected chi connectivity index (χ2v) is 8.11. The summed E-state index contributed by atoms with van der Waals surface area (Å²) in [5.41, 5.74) is 2.53. The smallest absolute Gasteiger partial charge is 0.322 e. The molecule has 2 saturated heterocycles. The number of pyridine rings is 1. The van der Waals surface area contributed by atoms with Crippen LogP contribution in [-0.4, -0.2) is 51.4 Å². The number of aryl methyl sites for hydroxylation is 1. The Bertz CT molecular complexity index is 979. The summed E-state index contributed by atoms with van der Waals surface area (Å²) in [5.74, 6) is 1.95. The molecule has 2 atom stereocenters. The number of amides is 1. The first kappa shape index (κ1) is 17.1. The molecule has 2 aromatic rings. The van der Waals surface area contributed by atoms with Gasteiger partial charge in [-0.15, -0.1) is 0 Å². The summed E-state index contributed by atoms with van der Waals surface area (Å²) in [6.45, 7) is 11.4. The van der Waals surface area contributed by atoms with E-state index in [2.05, 4.69) is 24.7 Å². The van der Waals surface area contributed by atoms with E-state index in [0.29, 0.717) is 30.1 Å². The van der Waals surface area contributed by atoms with Gasteiger partial charge in [0, 0.05) is 37.4 Å². The van der Waals surface area contributed by atoms with Gasteiger partial charge in [0.2, 0.25) is 0 Å². The summed E-state index contributed by atoms with van der Waals surface area (Å²) in [6, 6.07) is 5.68. The lowest BCUT2D eigenvalue weighted by molar-refractivity contribution is 0.0692. The van der Waals surface area contributed by atoms with E-state index in [1.165, 1.54) is 0 Å². The fourth-order valence-electron chi connectivity index (χ4n) is 4.54. The van der Waals surface area contributed by atoms with E-state index in [4.69, 9.17) is 6.57 Å². The summed E-state index contributed by atoms with van der Waals surface area (Å²) in [5, 5.41) is 0. The van der Waals surface area contributed by atoms with Crippen LogP contribution in [0.2, 0.25) is 0 Å². The molecule has 7 heteroatoms. The molecule has 28 heavy (non-hydrogen) atoms. The highest BCUT2D eigenvalue weighted by molar-refractivity contribution is 5.95. The molecule has 3 aliphatic rings. The van der Waals surface area contributed by atoms with Gasteiger partial charge < -0.3 is 14.6 Å². The molecule has 0 spiro atoms. The van der Waals surface area contributed by atoms with E-state index in [1.807, 2.05) is 24.0 Å². The van der Waals surface area contributed by atoms with Gasteiger partial charge in [0.15, 0.2) is 0 Å². The Balaban J connectivity index is 1.39. The molecule has 5 rings (SSSR count). The summed E-state index contributed by atoms with van der Waals surface area (Å²) in [4.78, 5) is 34.4. The van der Waals surface area contributed by atoms with E-state index in [-0.39, 0.29) is 11.9 Å². The van der Waals surface area contributed by atoms with Crippen molar-refractivity contribution in [3.8, 4) is 0 Å². The average molecular weight is 374 g/mol. The quantitative estimate of drug-likeness (QED) is 0.773. The zero-order valence-corrected chi connectivity index (χ0v) is 15.9. The van der Waals surface area contributed by atoms with Gasteiger partial charge in [0.05, 0.1) is 17.3 Å². The number of carbonyl (C=O) groups excluding carboxylic acids is 1. The molecule has 4 heterocycles. The van der Waals surface area contributed by atoms with Crippen LogP contribution in [0.25, 0.3) is 4.85 Å². The van der Waals surface area contributed by atoms with Crippen LogP contribution in [-0.2, 0) is 0 Å². The molecule has 2 aliphatic heterocycles. The first-order chi connectivity index (χ1) is 13.6. The van der Waals surface area contributed by atoms with Crippen LogP contribution in [0.4, 0.5) is 11.8 Å². The lowest BCUT2D eigenvalue weighted by Crippen LogP contribution is -2.45. The Kier molecular flexibility index (Phi) is 4.00. The first-order valence-electron chi connectivity index (χ1n) is 9.86. The van der Waals surface area contributed by atoms with Gasteiger partial charge in [-0.2, -0.15) is 4.98 Å². The van der Waals surface area contributed by atoms with Crippen LogP contribution < -0.4 is 4.90 Å². The number of piperidine rings is 1. The molecular weight excluding hydrogens is 352 g/mol. The molecule has 0 N–H and O–H groups in total. The van der Waals surface area contributed by atoms with Gasteiger partial charge in [-0.3, -0.25) is 9.78 Å². The Morgan fingerprint density at radius 1 is 1.25 bits per heavy atom. The molecule has 2 bridgehead atoms. The maximum absolute atomic E-state index is 13.3. The predicted octanol–water partition coefficient (Wildman–Crippen LogP) is 2.96. The minimum Gasteiger partial charge on any atom is -0.360 e. The van der Waals surface area contributed by atoms with E-state index >= 15 is 0 Å². The van der Waals surface area contributed by atoms with Crippen molar-refractivity contribution < 1.29 is 4.79 Å². The summed E-state index contributed by atoms with van der Waals surface area (Å²) in [7, 11) is 0. The van der Waals surface area contributed by atoms with Crippen molar-refractivity contribution in [3.63, 3.8) is 0 Å². The number of fused-ring (bicyclic) bond motifs is 2. The predicted molar refractivity (Wildman–Crippen MR) is 104 cm³/mol. The van der Waals surface area contributed by atoms with Crippen molar-refractivity contribution in [2.75, 3.05) is 24.5 Å². The first-order valence-corrected chi connectivity index (χ1v) is 9.86. The maximum Gasteiger partial charge on any atom is 0.322 e. The Labute approximate surface area is 164 Å². The number of hydrogen-bond donors (Lipinski definition) is 0. The van der Waals surface area contributed by atoms with Gasteiger partial charge in [-0.1, -0.05) is 11.6 Å². The fraction of sp³-hybridized carbons (Fsp3) is 0.476. The van der Waals surface area contributed by atoms with Gasteiger partial charge in [0.1, 0.15) is 0 Å². The lowest BCUT2D eigenvalue weighted by atomic mass is 9.98. The molecule has 0 aromatic carbocycles. The Morgan fingerprint density at radius 3 is 2.89 bits per heavy atom. The van der Waals surface area contributed by atoms with Crippen LogP contribution in [0, 0.1) is 19.4 Å². The number of carbonyl (C=O) groups is 1. The van der Waals surface area contributed by atoms with Crippen molar-refractivity contribution in [2.24, 2.45) is 5.92 Å². The normalized spacial score (nSPS) is 23.6. The van der Waals surface area contributed by atoms with E-state index in [0.717, 1.165) is 49.3 Å². The topological polar surface area (TPSA) is 66.6 Å². The highest BCUT2D eigenvalue weighted by atomic mass is 16.2. The van der Waals surface area contributed by atoms with Gasteiger partial charge in [-0.05, 0) is 50.3 Å². The number of hydrogen-bond acceptors (Lipinski definition) is 5. The summed E-state index contributed by atoms with van der Waals surface area (Å²) < 4.78 is 0. The minimum atomic E-state index is 0.0959. The molecule has 0 radical (unpaired) electrons. The third-order valence-electron chi connectivity index (χ3n) is 5.93. The second-order valence-electron chi connectivity index (χ2n) is 8.11. The van der Waals surface area contributed by atoms with Crippen molar-refractivity contribution >= 4 is 17.7 Å². The number of aromatic nitrogens is 3. The van der Waals surface area contributed by atoms with Crippen molar-refractivity contribution in [3.05, 3.63) is 52.8 Å². The number of rotatable bonds is 3. The molecule has 7 nitrogen and oxygen atoms in total. The maximum atomic E-state index is 13.3. The minimum absolute atomic E-state index is 0.0959. The SMILES string of the molecule is [C-]#[N+]c1cc(C)nc(N2CC3CC2CN(C(=O)c2cccnc2C2CC2)C3)n1. The van der Waals surface area contributed by atoms with Crippen LogP contribution in [0.15, 0.2) is 24.4 Å². The van der Waals surface area contributed by atoms with Crippen LogP contribution in [0.5, 0.6) is 0 Å². The van der Waals surface area contributed by atoms with Crippen LogP contribution in [0.3, 0.4) is 0 Å². The number of nitrogens with zero attached hydrogens (tertiary/aromatic N) is 6. The zero-order valence-electron chi connectivity index (χ0n) is 15.9. The molecule has 1 amide bonds. The second kappa shape index (κ2) is 6.55. The highest BCUT2D eigenvalue weighted by Gasteiger charge is 2.43. The van der Waals surface area contributed by atoms with Crippen molar-refractivity contribution in [1.82, 2.24) is 19.9 Å². The summed E-state index contributed by atoms with van der Waals surface area (Å²) >= 11 is 0. The standard InChI is InChI=1S/C21H22N6O/c1-13-8-18(22-2)25-21(24-13)27-11-14-9-16(27)12-26(10-14)20(28)17-4-3-7-23-19(17)15-5-6-15/h3-4,7-8,14-16H,5-6,9-12H2,1H3. The average Bonchev–Trinajstić information content (AvgIpc) is 3.51. The number of anilines is 1. The highest BCUT2D eigenvalue weighted by Crippen LogP contribution is 2.41. The molecule has 1 aliphatic carbocycles. The third kappa shape index (κ3) is 2.99. The molecule has 3 fully saturated rings. The molecule has 2 unspecified atom stereocenters. The lowest BCUT2D eigenvalue weighted by Gasteiger charge is -2.32. The van der Waals surface area contributed by atoms with E-state index < -0.39 is 0 Å². The largest absolute Gasteiger partial charge is 0.360 e. The monoisotopic (exact) mass is 374 g/mol. The molecule has 142 valence electrons. The fourth-order valence-corrected chi connectivity index (χ4v) is 4.54. The Hall–Kier alpha value is -3.01. The van der Waals surface area contributed by atoms with Crippen molar-refractivity contribution in [1.29, 1.82) is 0 Å². The molecular formula is C21H22N6O. The molecule has 1 saturated carbocycles. The van der Waals surface area contributed by atoms with Gasteiger partial charge in [0.25, 0.3) is 11.7 Å². The third-order valence-corrected chi connectivity index (χ3v) is 5.93. The van der Waals surface area contributed by atoms with Gasteiger partial charge >= 0.3 is 5.95 Å². The molecule has 2 aromatic heterocycles. The van der Waals surface area contributed by atoms with E-state index in [1.54, 1.807) is 12.3 Å². The number of likely N-dealkylation sites (tertiary alicyclic amines) is 1. The van der Waals surface area contributed by atoms with Crippen LogP contribution in [0.1, 0.15) is 46.9 Å². The zero-order chi connectivity index (χ0) is 19.3. The van der Waals surface area contributed by atoms with Crippen molar-refractivity contribution in [2.45, 2.75) is 38.1 Å². The van der Waals surface area contributed by atoms with E-state index in [9.17, 15) is 4.79 Å².